The van der Waals surface area contributed by atoms with E-state index in [0.29, 0.717) is 6.54 Å². The van der Waals surface area contributed by atoms with Crippen molar-refractivity contribution in [2.24, 2.45) is 5.73 Å². The molecule has 1 rings (SSSR count). The summed E-state index contributed by atoms with van der Waals surface area (Å²) in [4.78, 5) is 0. The predicted octanol–water partition coefficient (Wildman–Crippen LogP) is 1.58. The zero-order valence-corrected chi connectivity index (χ0v) is 10.2. The van der Waals surface area contributed by atoms with Crippen LogP contribution in [0.25, 0.3) is 0 Å². The van der Waals surface area contributed by atoms with Gasteiger partial charge in [-0.15, -0.1) is 0 Å². The van der Waals surface area contributed by atoms with Crippen LogP contribution in [0.3, 0.4) is 0 Å². The van der Waals surface area contributed by atoms with Crippen molar-refractivity contribution < 1.29 is 9.50 Å². The van der Waals surface area contributed by atoms with Crippen LogP contribution in [0.1, 0.15) is 31.4 Å². The molecule has 0 amide bonds. The lowest BCUT2D eigenvalue weighted by atomic mass is 10.0. The Labute approximate surface area is 102 Å². The molecular formula is C13H21FN2O. The van der Waals surface area contributed by atoms with Crippen molar-refractivity contribution in [1.82, 2.24) is 5.32 Å². The van der Waals surface area contributed by atoms with Gasteiger partial charge in [0, 0.05) is 25.2 Å². The predicted molar refractivity (Wildman–Crippen MR) is 67.1 cm³/mol. The number of benzene rings is 1. The van der Waals surface area contributed by atoms with Gasteiger partial charge in [0.15, 0.2) is 0 Å². The molecule has 0 aliphatic carbocycles. The molecule has 3 nitrogen and oxygen atoms in total. The highest BCUT2D eigenvalue weighted by Crippen LogP contribution is 2.14. The largest absolute Gasteiger partial charge is 0.396 e. The third-order valence-corrected chi connectivity index (χ3v) is 2.79. The maximum atomic E-state index is 12.8. The lowest BCUT2D eigenvalue weighted by Gasteiger charge is -2.22. The van der Waals surface area contributed by atoms with Crippen molar-refractivity contribution in [3.8, 4) is 0 Å². The van der Waals surface area contributed by atoms with Gasteiger partial charge in [-0.2, -0.15) is 0 Å². The molecule has 0 saturated heterocycles. The van der Waals surface area contributed by atoms with E-state index in [0.717, 1.165) is 18.4 Å². The topological polar surface area (TPSA) is 58.3 Å². The zero-order valence-electron chi connectivity index (χ0n) is 10.2. The van der Waals surface area contributed by atoms with Gasteiger partial charge in [0.25, 0.3) is 0 Å². The molecule has 0 fully saturated rings. The van der Waals surface area contributed by atoms with E-state index >= 15 is 0 Å². The molecule has 17 heavy (non-hydrogen) atoms. The Morgan fingerprint density at radius 2 is 2.00 bits per heavy atom. The number of hydrogen-bond acceptors (Lipinski definition) is 3. The Balaban J connectivity index is 2.56. The Bertz CT molecular complexity index is 316. The van der Waals surface area contributed by atoms with Crippen LogP contribution in [0.4, 0.5) is 4.39 Å². The van der Waals surface area contributed by atoms with Gasteiger partial charge in [-0.25, -0.2) is 4.39 Å². The summed E-state index contributed by atoms with van der Waals surface area (Å²) in [7, 11) is 0. The summed E-state index contributed by atoms with van der Waals surface area (Å²) < 4.78 is 12.8. The van der Waals surface area contributed by atoms with Crippen LogP contribution in [0.2, 0.25) is 0 Å². The minimum absolute atomic E-state index is 0.0318. The number of nitrogens with two attached hydrogens (primary N) is 1. The second kappa shape index (κ2) is 7.37. The fourth-order valence-electron chi connectivity index (χ4n) is 1.82. The van der Waals surface area contributed by atoms with Crippen molar-refractivity contribution in [3.05, 3.63) is 35.6 Å². The van der Waals surface area contributed by atoms with Crippen molar-refractivity contribution in [3.63, 3.8) is 0 Å². The number of aliphatic hydroxyl groups excluding tert-OH is 1. The molecule has 96 valence electrons. The van der Waals surface area contributed by atoms with Gasteiger partial charge in [-0.05, 0) is 37.5 Å². The zero-order chi connectivity index (χ0) is 12.7. The first-order valence-electron chi connectivity index (χ1n) is 5.99. The van der Waals surface area contributed by atoms with Crippen LogP contribution in [0, 0.1) is 5.82 Å². The van der Waals surface area contributed by atoms with E-state index < -0.39 is 0 Å². The smallest absolute Gasteiger partial charge is 0.123 e. The van der Waals surface area contributed by atoms with Crippen LogP contribution in [0.5, 0.6) is 0 Å². The summed E-state index contributed by atoms with van der Waals surface area (Å²) in [6, 6.07) is 6.69. The normalized spacial score (nSPS) is 14.6. The molecule has 0 spiro atoms. The fraction of sp³-hybridized carbons (Fsp3) is 0.538. The number of aliphatic hydroxyl groups is 1. The summed E-state index contributed by atoms with van der Waals surface area (Å²) >= 11 is 0. The van der Waals surface area contributed by atoms with Gasteiger partial charge in [0.1, 0.15) is 5.82 Å². The van der Waals surface area contributed by atoms with Gasteiger partial charge < -0.3 is 16.2 Å². The molecule has 0 bridgehead atoms. The number of halogens is 1. The average Bonchev–Trinajstić information content (AvgIpc) is 2.34. The molecule has 0 aromatic heterocycles. The average molecular weight is 240 g/mol. The molecule has 2 unspecified atom stereocenters. The highest BCUT2D eigenvalue weighted by molar-refractivity contribution is 5.20. The SMILES string of the molecule is CC(CCCO)NC(CN)c1ccc(F)cc1. The lowest BCUT2D eigenvalue weighted by Crippen LogP contribution is -2.35. The van der Waals surface area contributed by atoms with Crippen molar-refractivity contribution in [2.75, 3.05) is 13.2 Å². The van der Waals surface area contributed by atoms with Gasteiger partial charge >= 0.3 is 0 Å². The standard InChI is InChI=1S/C13H21FN2O/c1-10(3-2-8-17)16-13(9-15)11-4-6-12(14)7-5-11/h4-7,10,13,16-17H,2-3,8-9,15H2,1H3. The molecule has 1 aromatic rings. The van der Waals surface area contributed by atoms with Gasteiger partial charge in [-0.3, -0.25) is 0 Å². The molecule has 2 atom stereocenters. The van der Waals surface area contributed by atoms with Crippen LogP contribution in [-0.4, -0.2) is 24.3 Å². The van der Waals surface area contributed by atoms with Gasteiger partial charge in [-0.1, -0.05) is 12.1 Å². The fourth-order valence-corrected chi connectivity index (χ4v) is 1.82. The second-order valence-corrected chi connectivity index (χ2v) is 4.27. The van der Waals surface area contributed by atoms with E-state index in [1.54, 1.807) is 12.1 Å². The Morgan fingerprint density at radius 3 is 2.53 bits per heavy atom. The van der Waals surface area contributed by atoms with Crippen LogP contribution >= 0.6 is 0 Å². The molecule has 4 N–H and O–H groups in total. The molecule has 0 saturated carbocycles. The number of rotatable bonds is 7. The quantitative estimate of drug-likeness (QED) is 0.678. The summed E-state index contributed by atoms with van der Waals surface area (Å²) in [5.41, 5.74) is 6.70. The van der Waals surface area contributed by atoms with E-state index in [1.165, 1.54) is 12.1 Å². The van der Waals surface area contributed by atoms with E-state index in [1.807, 2.05) is 0 Å². The third-order valence-electron chi connectivity index (χ3n) is 2.79. The van der Waals surface area contributed by atoms with E-state index in [4.69, 9.17) is 10.8 Å². The number of nitrogens with one attached hydrogen (secondary N) is 1. The number of hydrogen-bond donors (Lipinski definition) is 3. The minimum Gasteiger partial charge on any atom is -0.396 e. The molecule has 0 radical (unpaired) electrons. The van der Waals surface area contributed by atoms with Crippen LogP contribution < -0.4 is 11.1 Å². The molecule has 0 aliphatic rings. The first-order chi connectivity index (χ1) is 8.17. The summed E-state index contributed by atoms with van der Waals surface area (Å²) in [5.74, 6) is -0.238. The van der Waals surface area contributed by atoms with Gasteiger partial charge in [0.05, 0.1) is 0 Å². The summed E-state index contributed by atoms with van der Waals surface area (Å²) in [6.45, 7) is 2.73. The summed E-state index contributed by atoms with van der Waals surface area (Å²) in [5, 5.41) is 12.1. The lowest BCUT2D eigenvalue weighted by molar-refractivity contribution is 0.274. The van der Waals surface area contributed by atoms with Crippen molar-refractivity contribution in [1.29, 1.82) is 0 Å². The Hall–Kier alpha value is -0.970. The van der Waals surface area contributed by atoms with E-state index in [-0.39, 0.29) is 24.5 Å². The summed E-state index contributed by atoms with van der Waals surface area (Å²) in [6.07, 6.45) is 1.67. The van der Waals surface area contributed by atoms with Crippen molar-refractivity contribution in [2.45, 2.75) is 31.8 Å². The van der Waals surface area contributed by atoms with Crippen molar-refractivity contribution >= 4 is 0 Å². The van der Waals surface area contributed by atoms with E-state index in [9.17, 15) is 4.39 Å². The third kappa shape index (κ3) is 4.81. The first-order valence-corrected chi connectivity index (χ1v) is 5.99. The maximum absolute atomic E-state index is 12.8. The van der Waals surface area contributed by atoms with Crippen LogP contribution in [0.15, 0.2) is 24.3 Å². The van der Waals surface area contributed by atoms with Gasteiger partial charge in [0.2, 0.25) is 0 Å². The highest BCUT2D eigenvalue weighted by atomic mass is 19.1. The molecule has 0 heterocycles. The first kappa shape index (κ1) is 14.1. The Morgan fingerprint density at radius 1 is 1.35 bits per heavy atom. The highest BCUT2D eigenvalue weighted by Gasteiger charge is 2.12. The second-order valence-electron chi connectivity index (χ2n) is 4.27. The molecule has 0 aliphatic heterocycles. The molecule has 1 aromatic carbocycles. The monoisotopic (exact) mass is 240 g/mol. The Kier molecular flexibility index (Phi) is 6.11. The molecular weight excluding hydrogens is 219 g/mol. The maximum Gasteiger partial charge on any atom is 0.123 e. The molecule has 4 heteroatoms. The van der Waals surface area contributed by atoms with E-state index in [2.05, 4.69) is 12.2 Å². The van der Waals surface area contributed by atoms with Crippen LogP contribution in [-0.2, 0) is 0 Å². The minimum atomic E-state index is -0.238.